The van der Waals surface area contributed by atoms with Crippen molar-refractivity contribution in [3.63, 3.8) is 0 Å². The number of hydrogen-bond donors (Lipinski definition) is 0. The van der Waals surface area contributed by atoms with Gasteiger partial charge in [0.2, 0.25) is 0 Å². The first-order valence-corrected chi connectivity index (χ1v) is 7.26. The number of fused-ring (bicyclic) bond motifs is 1. The normalized spacial score (nSPS) is 11.4. The molecule has 0 radical (unpaired) electrons. The summed E-state index contributed by atoms with van der Waals surface area (Å²) in [5.41, 5.74) is 3.83. The molecule has 0 fully saturated rings. The minimum atomic E-state index is 0.531. The van der Waals surface area contributed by atoms with E-state index >= 15 is 0 Å². The van der Waals surface area contributed by atoms with Crippen LogP contribution in [-0.2, 0) is 13.5 Å². The fourth-order valence-electron chi connectivity index (χ4n) is 2.43. The maximum atomic E-state index is 5.96. The fourth-order valence-corrected chi connectivity index (χ4v) is 2.73. The van der Waals surface area contributed by atoms with Gasteiger partial charge in [-0.05, 0) is 31.2 Å². The average molecular weight is 309 g/mol. The molecule has 0 unspecified atom stereocenters. The zero-order valence-corrected chi connectivity index (χ0v) is 12.8. The third-order valence-electron chi connectivity index (χ3n) is 3.27. The van der Waals surface area contributed by atoms with Crippen LogP contribution in [0.4, 0.5) is 0 Å². The standard InChI is InChI=1S/C14H14Cl2N4/c1-9-13-14(19(2)18-9)20(12(17-13)7-8-15)11-5-3-10(16)4-6-11/h3-6H,7-8H2,1-2H3. The lowest BCUT2D eigenvalue weighted by Gasteiger charge is -2.09. The minimum Gasteiger partial charge on any atom is -0.281 e. The van der Waals surface area contributed by atoms with E-state index in [-0.39, 0.29) is 0 Å². The van der Waals surface area contributed by atoms with E-state index in [1.807, 2.05) is 42.9 Å². The Kier molecular flexibility index (Phi) is 3.44. The molecule has 0 spiro atoms. The van der Waals surface area contributed by atoms with Gasteiger partial charge in [-0.1, -0.05) is 11.6 Å². The molecule has 0 amide bonds. The summed E-state index contributed by atoms with van der Waals surface area (Å²) in [7, 11) is 1.92. The van der Waals surface area contributed by atoms with Gasteiger partial charge in [0.15, 0.2) is 5.65 Å². The molecule has 2 heterocycles. The van der Waals surface area contributed by atoms with Crippen LogP contribution in [0.5, 0.6) is 0 Å². The lowest BCUT2D eigenvalue weighted by molar-refractivity contribution is 0.751. The van der Waals surface area contributed by atoms with Crippen molar-refractivity contribution in [3.8, 4) is 5.69 Å². The average Bonchev–Trinajstić information content (AvgIpc) is 2.91. The fraction of sp³-hybridized carbons (Fsp3) is 0.286. The summed E-state index contributed by atoms with van der Waals surface area (Å²) in [6.07, 6.45) is 0.707. The lowest BCUT2D eigenvalue weighted by Crippen LogP contribution is -2.06. The quantitative estimate of drug-likeness (QED) is 0.694. The summed E-state index contributed by atoms with van der Waals surface area (Å²) in [6.45, 7) is 1.96. The van der Waals surface area contributed by atoms with Gasteiger partial charge in [-0.3, -0.25) is 4.57 Å². The number of benzene rings is 1. The maximum absolute atomic E-state index is 5.96. The molecular formula is C14H14Cl2N4. The minimum absolute atomic E-state index is 0.531. The van der Waals surface area contributed by atoms with E-state index in [0.29, 0.717) is 17.3 Å². The van der Waals surface area contributed by atoms with E-state index in [1.54, 1.807) is 0 Å². The summed E-state index contributed by atoms with van der Waals surface area (Å²) in [5.74, 6) is 1.47. The molecule has 4 nitrogen and oxygen atoms in total. The molecule has 2 aromatic heterocycles. The zero-order valence-electron chi connectivity index (χ0n) is 11.3. The van der Waals surface area contributed by atoms with Gasteiger partial charge in [-0.25, -0.2) is 9.67 Å². The first-order chi connectivity index (χ1) is 9.61. The molecule has 0 saturated heterocycles. The van der Waals surface area contributed by atoms with Crippen LogP contribution in [-0.4, -0.2) is 25.2 Å². The van der Waals surface area contributed by atoms with Crippen LogP contribution in [0.25, 0.3) is 16.9 Å². The van der Waals surface area contributed by atoms with Crippen LogP contribution >= 0.6 is 23.2 Å². The van der Waals surface area contributed by atoms with Crippen LogP contribution in [0.3, 0.4) is 0 Å². The van der Waals surface area contributed by atoms with E-state index in [2.05, 4.69) is 14.6 Å². The SMILES string of the molecule is Cc1nn(C)c2c1nc(CCCl)n2-c1ccc(Cl)cc1. The second kappa shape index (κ2) is 5.11. The number of rotatable bonds is 3. The van der Waals surface area contributed by atoms with Crippen molar-refractivity contribution in [2.75, 3.05) is 5.88 Å². The Morgan fingerprint density at radius 1 is 1.20 bits per heavy atom. The summed E-state index contributed by atoms with van der Waals surface area (Å²) in [6, 6.07) is 7.69. The molecular weight excluding hydrogens is 295 g/mol. The summed E-state index contributed by atoms with van der Waals surface area (Å²) < 4.78 is 3.94. The number of aryl methyl sites for hydroxylation is 3. The summed E-state index contributed by atoms with van der Waals surface area (Å²) >= 11 is 11.9. The molecule has 0 bridgehead atoms. The Hall–Kier alpha value is -1.52. The molecule has 1 aromatic carbocycles. The predicted octanol–water partition coefficient (Wildman–Crippen LogP) is 3.50. The van der Waals surface area contributed by atoms with Crippen molar-refractivity contribution in [1.82, 2.24) is 19.3 Å². The highest BCUT2D eigenvalue weighted by Crippen LogP contribution is 2.24. The van der Waals surface area contributed by atoms with Gasteiger partial charge in [0.1, 0.15) is 11.3 Å². The van der Waals surface area contributed by atoms with Crippen molar-refractivity contribution in [3.05, 3.63) is 40.8 Å². The van der Waals surface area contributed by atoms with Gasteiger partial charge in [0.25, 0.3) is 0 Å². The van der Waals surface area contributed by atoms with E-state index in [1.165, 1.54) is 0 Å². The van der Waals surface area contributed by atoms with Crippen molar-refractivity contribution in [1.29, 1.82) is 0 Å². The monoisotopic (exact) mass is 308 g/mol. The van der Waals surface area contributed by atoms with Gasteiger partial charge in [0, 0.05) is 30.1 Å². The Bertz CT molecular complexity index is 756. The second-order valence-electron chi connectivity index (χ2n) is 4.66. The van der Waals surface area contributed by atoms with E-state index in [0.717, 1.165) is 28.4 Å². The van der Waals surface area contributed by atoms with Crippen LogP contribution < -0.4 is 0 Å². The highest BCUT2D eigenvalue weighted by Gasteiger charge is 2.18. The van der Waals surface area contributed by atoms with Gasteiger partial charge < -0.3 is 0 Å². The number of imidazole rings is 1. The Labute approximate surface area is 126 Å². The molecule has 0 aliphatic rings. The van der Waals surface area contributed by atoms with Crippen molar-refractivity contribution in [2.45, 2.75) is 13.3 Å². The molecule has 0 atom stereocenters. The van der Waals surface area contributed by atoms with Crippen molar-refractivity contribution >= 4 is 34.4 Å². The van der Waals surface area contributed by atoms with Gasteiger partial charge in [-0.15, -0.1) is 11.6 Å². The maximum Gasteiger partial charge on any atom is 0.163 e. The molecule has 3 aromatic rings. The largest absolute Gasteiger partial charge is 0.281 e. The van der Waals surface area contributed by atoms with Crippen LogP contribution in [0.1, 0.15) is 11.5 Å². The van der Waals surface area contributed by atoms with Crippen LogP contribution in [0.15, 0.2) is 24.3 Å². The highest BCUT2D eigenvalue weighted by atomic mass is 35.5. The molecule has 0 saturated carbocycles. The first-order valence-electron chi connectivity index (χ1n) is 6.34. The van der Waals surface area contributed by atoms with Gasteiger partial charge in [-0.2, -0.15) is 5.10 Å². The van der Waals surface area contributed by atoms with Crippen molar-refractivity contribution < 1.29 is 0 Å². The zero-order chi connectivity index (χ0) is 14.3. The summed E-state index contributed by atoms with van der Waals surface area (Å²) in [4.78, 5) is 4.68. The Balaban J connectivity index is 2.30. The van der Waals surface area contributed by atoms with E-state index in [9.17, 15) is 0 Å². The lowest BCUT2D eigenvalue weighted by atomic mass is 10.3. The van der Waals surface area contributed by atoms with Gasteiger partial charge >= 0.3 is 0 Å². The predicted molar refractivity (Wildman–Crippen MR) is 82.0 cm³/mol. The summed E-state index contributed by atoms with van der Waals surface area (Å²) in [5, 5.41) is 5.14. The number of alkyl halides is 1. The number of nitrogens with zero attached hydrogens (tertiary/aromatic N) is 4. The molecule has 104 valence electrons. The Morgan fingerprint density at radius 2 is 1.90 bits per heavy atom. The molecule has 3 rings (SSSR count). The topological polar surface area (TPSA) is 35.6 Å². The van der Waals surface area contributed by atoms with Gasteiger partial charge in [0.05, 0.1) is 5.69 Å². The third-order valence-corrected chi connectivity index (χ3v) is 3.72. The molecule has 0 N–H and O–H groups in total. The molecule has 0 aliphatic heterocycles. The molecule has 20 heavy (non-hydrogen) atoms. The van der Waals surface area contributed by atoms with E-state index in [4.69, 9.17) is 23.2 Å². The van der Waals surface area contributed by atoms with Crippen molar-refractivity contribution in [2.24, 2.45) is 7.05 Å². The number of halogens is 2. The first kappa shape index (κ1) is 13.5. The smallest absolute Gasteiger partial charge is 0.163 e. The number of aromatic nitrogens is 4. The van der Waals surface area contributed by atoms with Crippen LogP contribution in [0.2, 0.25) is 5.02 Å². The second-order valence-corrected chi connectivity index (χ2v) is 5.47. The molecule has 0 aliphatic carbocycles. The van der Waals surface area contributed by atoms with E-state index < -0.39 is 0 Å². The third kappa shape index (κ3) is 2.09. The van der Waals surface area contributed by atoms with Crippen LogP contribution in [0, 0.1) is 6.92 Å². The Morgan fingerprint density at radius 3 is 2.55 bits per heavy atom. The highest BCUT2D eigenvalue weighted by molar-refractivity contribution is 6.30. The number of hydrogen-bond acceptors (Lipinski definition) is 2. The molecule has 6 heteroatoms.